The summed E-state index contributed by atoms with van der Waals surface area (Å²) < 4.78 is 5.76. The smallest absolute Gasteiger partial charge is 0.146 e. The van der Waals surface area contributed by atoms with Crippen molar-refractivity contribution in [3.63, 3.8) is 0 Å². The molecule has 2 aromatic carbocycles. The molecule has 0 fully saturated rings. The molecule has 3 heteroatoms. The van der Waals surface area contributed by atoms with E-state index < -0.39 is 0 Å². The zero-order valence-electron chi connectivity index (χ0n) is 10.3. The number of halogens is 1. The lowest BCUT2D eigenvalue weighted by atomic mass is 10.1. The highest BCUT2D eigenvalue weighted by atomic mass is 35.5. The third-order valence-corrected chi connectivity index (χ3v) is 3.10. The van der Waals surface area contributed by atoms with Gasteiger partial charge in [-0.15, -0.1) is 0 Å². The van der Waals surface area contributed by atoms with Gasteiger partial charge in [-0.2, -0.15) is 0 Å². The number of rotatable bonds is 4. The van der Waals surface area contributed by atoms with Crippen molar-refractivity contribution >= 4 is 11.6 Å². The lowest BCUT2D eigenvalue weighted by molar-refractivity contribution is 0.481. The Morgan fingerprint density at radius 3 is 2.67 bits per heavy atom. The van der Waals surface area contributed by atoms with Gasteiger partial charge in [0.2, 0.25) is 0 Å². The summed E-state index contributed by atoms with van der Waals surface area (Å²) in [5.74, 6) is 1.41. The summed E-state index contributed by atoms with van der Waals surface area (Å²) in [6, 6.07) is 15.3. The molecule has 0 aromatic heterocycles. The first kappa shape index (κ1) is 12.9. The second-order valence-corrected chi connectivity index (χ2v) is 4.53. The fourth-order valence-electron chi connectivity index (χ4n) is 1.70. The van der Waals surface area contributed by atoms with E-state index in [0.29, 0.717) is 10.8 Å². The molecule has 0 aliphatic carbocycles. The van der Waals surface area contributed by atoms with Crippen LogP contribution in [-0.4, -0.2) is 0 Å². The van der Waals surface area contributed by atoms with Crippen molar-refractivity contribution in [2.45, 2.75) is 19.4 Å². The molecule has 0 amide bonds. The molecule has 0 saturated carbocycles. The van der Waals surface area contributed by atoms with Gasteiger partial charge in [-0.3, -0.25) is 0 Å². The molecule has 0 aliphatic heterocycles. The van der Waals surface area contributed by atoms with Crippen LogP contribution in [0, 0.1) is 0 Å². The Bertz CT molecular complexity index is 527. The standard InChI is InChI=1S/C15H16ClNO/c1-2-14(17)11-6-5-7-12(10-11)18-15-9-4-3-8-13(15)16/h3-10,14H,2,17H2,1H3. The van der Waals surface area contributed by atoms with Gasteiger partial charge < -0.3 is 10.5 Å². The Kier molecular flexibility index (Phi) is 4.24. The molecule has 2 N–H and O–H groups in total. The first-order valence-corrected chi connectivity index (χ1v) is 6.36. The predicted octanol–water partition coefficient (Wildman–Crippen LogP) is 4.54. The summed E-state index contributed by atoms with van der Waals surface area (Å²) in [5.41, 5.74) is 7.08. The van der Waals surface area contributed by atoms with Crippen LogP contribution in [0.4, 0.5) is 0 Å². The highest BCUT2D eigenvalue weighted by Crippen LogP contribution is 2.30. The second kappa shape index (κ2) is 5.89. The normalized spacial score (nSPS) is 12.2. The maximum Gasteiger partial charge on any atom is 0.146 e. The molecule has 0 aliphatic rings. The zero-order valence-corrected chi connectivity index (χ0v) is 11.0. The molecule has 0 heterocycles. The van der Waals surface area contributed by atoms with Crippen molar-refractivity contribution in [3.05, 3.63) is 59.1 Å². The van der Waals surface area contributed by atoms with E-state index in [9.17, 15) is 0 Å². The first-order valence-electron chi connectivity index (χ1n) is 5.98. The maximum atomic E-state index is 6.05. The van der Waals surface area contributed by atoms with E-state index in [1.807, 2.05) is 42.5 Å². The third kappa shape index (κ3) is 3.03. The van der Waals surface area contributed by atoms with Gasteiger partial charge in [-0.1, -0.05) is 42.8 Å². The van der Waals surface area contributed by atoms with Gasteiger partial charge in [-0.05, 0) is 36.2 Å². The highest BCUT2D eigenvalue weighted by Gasteiger charge is 2.06. The fraction of sp³-hybridized carbons (Fsp3) is 0.200. The van der Waals surface area contributed by atoms with Crippen LogP contribution in [0.25, 0.3) is 0 Å². The zero-order chi connectivity index (χ0) is 13.0. The lowest BCUT2D eigenvalue weighted by Gasteiger charge is -2.12. The topological polar surface area (TPSA) is 35.2 Å². The molecule has 94 valence electrons. The fourth-order valence-corrected chi connectivity index (χ4v) is 1.87. The average molecular weight is 262 g/mol. The molecule has 2 aromatic rings. The van der Waals surface area contributed by atoms with Gasteiger partial charge >= 0.3 is 0 Å². The molecular formula is C15H16ClNO. The highest BCUT2D eigenvalue weighted by molar-refractivity contribution is 6.32. The average Bonchev–Trinajstić information content (AvgIpc) is 2.41. The van der Waals surface area contributed by atoms with Crippen LogP contribution in [0.1, 0.15) is 24.9 Å². The van der Waals surface area contributed by atoms with Crippen LogP contribution >= 0.6 is 11.6 Å². The Morgan fingerprint density at radius 1 is 1.17 bits per heavy atom. The summed E-state index contributed by atoms with van der Waals surface area (Å²) in [5, 5.41) is 0.600. The maximum absolute atomic E-state index is 6.05. The summed E-state index contributed by atoms with van der Waals surface area (Å²) in [4.78, 5) is 0. The lowest BCUT2D eigenvalue weighted by Crippen LogP contribution is -2.08. The summed E-state index contributed by atoms with van der Waals surface area (Å²) in [7, 11) is 0. The predicted molar refractivity (Wildman–Crippen MR) is 75.2 cm³/mol. The van der Waals surface area contributed by atoms with Crippen LogP contribution < -0.4 is 10.5 Å². The van der Waals surface area contributed by atoms with Gasteiger partial charge in [0.25, 0.3) is 0 Å². The minimum Gasteiger partial charge on any atom is -0.456 e. The van der Waals surface area contributed by atoms with Gasteiger partial charge in [-0.25, -0.2) is 0 Å². The molecule has 0 bridgehead atoms. The van der Waals surface area contributed by atoms with Gasteiger partial charge in [0.1, 0.15) is 11.5 Å². The summed E-state index contributed by atoms with van der Waals surface area (Å²) in [6.07, 6.45) is 0.898. The van der Waals surface area contributed by atoms with E-state index in [1.54, 1.807) is 6.07 Å². The van der Waals surface area contributed by atoms with Crippen LogP contribution in [0.3, 0.4) is 0 Å². The molecule has 0 saturated heterocycles. The van der Waals surface area contributed by atoms with Crippen molar-refractivity contribution < 1.29 is 4.74 Å². The molecule has 0 radical (unpaired) electrons. The van der Waals surface area contributed by atoms with E-state index in [1.165, 1.54) is 0 Å². The number of ether oxygens (including phenoxy) is 1. The largest absolute Gasteiger partial charge is 0.456 e. The molecular weight excluding hydrogens is 246 g/mol. The van der Waals surface area contributed by atoms with E-state index in [4.69, 9.17) is 22.1 Å². The van der Waals surface area contributed by atoms with Crippen LogP contribution in [-0.2, 0) is 0 Å². The monoisotopic (exact) mass is 261 g/mol. The van der Waals surface area contributed by atoms with Crippen LogP contribution in [0.2, 0.25) is 5.02 Å². The Balaban J connectivity index is 2.22. The number of para-hydroxylation sites is 1. The summed E-state index contributed by atoms with van der Waals surface area (Å²) >= 11 is 6.05. The molecule has 18 heavy (non-hydrogen) atoms. The quantitative estimate of drug-likeness (QED) is 0.877. The Labute approximate surface area is 112 Å². The molecule has 1 atom stereocenters. The Morgan fingerprint density at radius 2 is 1.94 bits per heavy atom. The number of benzene rings is 2. The minimum atomic E-state index is 0.0415. The molecule has 2 nitrogen and oxygen atoms in total. The van der Waals surface area contributed by atoms with Crippen molar-refractivity contribution in [1.82, 2.24) is 0 Å². The SMILES string of the molecule is CCC(N)c1cccc(Oc2ccccc2Cl)c1. The number of nitrogens with two attached hydrogens (primary N) is 1. The first-order chi connectivity index (χ1) is 8.70. The number of hydrogen-bond donors (Lipinski definition) is 1. The van der Waals surface area contributed by atoms with E-state index in [-0.39, 0.29) is 6.04 Å². The van der Waals surface area contributed by atoms with Gasteiger partial charge in [0.15, 0.2) is 0 Å². The molecule has 1 unspecified atom stereocenters. The van der Waals surface area contributed by atoms with Crippen molar-refractivity contribution in [2.24, 2.45) is 5.73 Å². The van der Waals surface area contributed by atoms with Crippen LogP contribution in [0.15, 0.2) is 48.5 Å². The van der Waals surface area contributed by atoms with Crippen molar-refractivity contribution in [1.29, 1.82) is 0 Å². The molecule has 0 spiro atoms. The van der Waals surface area contributed by atoms with Gasteiger partial charge in [0, 0.05) is 6.04 Å². The van der Waals surface area contributed by atoms with Gasteiger partial charge in [0.05, 0.1) is 5.02 Å². The van der Waals surface area contributed by atoms with E-state index in [0.717, 1.165) is 17.7 Å². The second-order valence-electron chi connectivity index (χ2n) is 4.12. The van der Waals surface area contributed by atoms with Crippen molar-refractivity contribution in [3.8, 4) is 11.5 Å². The van der Waals surface area contributed by atoms with E-state index in [2.05, 4.69) is 6.92 Å². The summed E-state index contributed by atoms with van der Waals surface area (Å²) in [6.45, 7) is 2.06. The number of hydrogen-bond acceptors (Lipinski definition) is 2. The van der Waals surface area contributed by atoms with Crippen molar-refractivity contribution in [2.75, 3.05) is 0 Å². The molecule has 2 rings (SSSR count). The van der Waals surface area contributed by atoms with Crippen LogP contribution in [0.5, 0.6) is 11.5 Å². The third-order valence-electron chi connectivity index (χ3n) is 2.79. The Hall–Kier alpha value is -1.51. The van der Waals surface area contributed by atoms with E-state index >= 15 is 0 Å². The minimum absolute atomic E-state index is 0.0415.